The Labute approximate surface area is 298 Å². The summed E-state index contributed by atoms with van der Waals surface area (Å²) >= 11 is 12.1. The van der Waals surface area contributed by atoms with Gasteiger partial charge in [-0.25, -0.2) is 32.4 Å². The van der Waals surface area contributed by atoms with Crippen LogP contribution in [-0.4, -0.2) is 94.2 Å². The summed E-state index contributed by atoms with van der Waals surface area (Å²) in [6.07, 6.45) is 8.75. The van der Waals surface area contributed by atoms with Crippen molar-refractivity contribution >= 4 is 67.7 Å². The van der Waals surface area contributed by atoms with Crippen LogP contribution in [0.2, 0.25) is 10.0 Å². The first-order valence-corrected chi connectivity index (χ1v) is 17.9. The molecule has 5 N–H and O–H groups in total. The van der Waals surface area contributed by atoms with Gasteiger partial charge in [-0.15, -0.1) is 0 Å². The first-order valence-electron chi connectivity index (χ1n) is 15.7. The molecule has 1 aliphatic carbocycles. The molecule has 6 rings (SSSR count). The molecule has 2 fully saturated rings. The fraction of sp³-hybridized carbons (Fsp3) is 0.333. The molecule has 2 aromatic heterocycles. The van der Waals surface area contributed by atoms with Crippen LogP contribution in [0.15, 0.2) is 66.0 Å². The number of sulfonamides is 1. The van der Waals surface area contributed by atoms with Crippen LogP contribution in [0.4, 0.5) is 15.9 Å². The molecule has 13 nitrogen and oxygen atoms in total. The van der Waals surface area contributed by atoms with Gasteiger partial charge in [0, 0.05) is 62.2 Å². The lowest BCUT2D eigenvalue weighted by Crippen LogP contribution is -2.49. The number of nitrogens with two attached hydrogens (primary N) is 1. The van der Waals surface area contributed by atoms with E-state index in [1.807, 2.05) is 6.20 Å². The lowest BCUT2D eigenvalue weighted by Gasteiger charge is -2.41. The van der Waals surface area contributed by atoms with Gasteiger partial charge >= 0.3 is 11.9 Å². The van der Waals surface area contributed by atoms with Gasteiger partial charge in [-0.1, -0.05) is 35.3 Å². The second kappa shape index (κ2) is 15.7. The molecule has 2 aliphatic rings. The molecule has 0 spiro atoms. The third-order valence-corrected chi connectivity index (χ3v) is 11.2. The Balaban J connectivity index is 0.000000544. The van der Waals surface area contributed by atoms with Crippen LogP contribution >= 0.6 is 23.2 Å². The highest BCUT2D eigenvalue weighted by Gasteiger charge is 2.30. The Morgan fingerprint density at radius 2 is 1.62 bits per heavy atom. The van der Waals surface area contributed by atoms with Crippen molar-refractivity contribution in [2.45, 2.75) is 42.7 Å². The molecule has 3 heterocycles. The van der Waals surface area contributed by atoms with Gasteiger partial charge in [-0.2, -0.15) is 0 Å². The highest BCUT2D eigenvalue weighted by atomic mass is 35.5. The number of carboxylic acids is 2. The molecule has 0 radical (unpaired) electrons. The Hall–Kier alpha value is -4.28. The number of hydrogen-bond acceptors (Lipinski definition) is 9. The first kappa shape index (κ1) is 37.0. The number of hydrogen-bond donors (Lipinski definition) is 4. The summed E-state index contributed by atoms with van der Waals surface area (Å²) in [4.78, 5) is 32.6. The highest BCUT2D eigenvalue weighted by molar-refractivity contribution is 7.92. The van der Waals surface area contributed by atoms with Crippen LogP contribution in [0.25, 0.3) is 22.2 Å². The molecule has 1 aliphatic heterocycles. The van der Waals surface area contributed by atoms with Gasteiger partial charge in [0.25, 0.3) is 10.0 Å². The van der Waals surface area contributed by atoms with Crippen LogP contribution in [0, 0.1) is 5.82 Å². The number of nitrogens with one attached hydrogen (secondary N) is 1. The molecule has 1 saturated heterocycles. The predicted octanol–water partition coefficient (Wildman–Crippen LogP) is 5.37. The number of benzene rings is 2. The van der Waals surface area contributed by atoms with Crippen molar-refractivity contribution < 1.29 is 32.6 Å². The summed E-state index contributed by atoms with van der Waals surface area (Å²) in [5.41, 5.74) is 8.04. The average molecular weight is 749 g/mol. The largest absolute Gasteiger partial charge is 0.478 e. The van der Waals surface area contributed by atoms with E-state index >= 15 is 4.39 Å². The van der Waals surface area contributed by atoms with Crippen molar-refractivity contribution in [3.8, 4) is 11.1 Å². The van der Waals surface area contributed by atoms with E-state index in [0.717, 1.165) is 51.9 Å². The first-order chi connectivity index (χ1) is 23.7. The third kappa shape index (κ3) is 8.53. The van der Waals surface area contributed by atoms with E-state index in [0.29, 0.717) is 46.2 Å². The minimum absolute atomic E-state index is 0.0828. The number of fused-ring (bicyclic) bond motifs is 1. The van der Waals surface area contributed by atoms with E-state index in [9.17, 15) is 18.0 Å². The molecule has 0 bridgehead atoms. The highest BCUT2D eigenvalue weighted by Crippen LogP contribution is 2.40. The number of likely N-dealkylation sites (N-methyl/N-ethyl adjacent to an activating group) is 1. The molecule has 4 aromatic rings. The average Bonchev–Trinajstić information content (AvgIpc) is 3.47. The van der Waals surface area contributed by atoms with Gasteiger partial charge in [-0.3, -0.25) is 9.62 Å². The smallest absolute Gasteiger partial charge is 0.328 e. The molecule has 50 heavy (non-hydrogen) atoms. The lowest BCUT2D eigenvalue weighted by molar-refractivity contribution is -0.134. The normalized spacial score (nSPS) is 18.9. The molecule has 2 aromatic carbocycles. The van der Waals surface area contributed by atoms with Crippen LogP contribution < -0.4 is 10.5 Å². The zero-order valence-electron chi connectivity index (χ0n) is 27.0. The molecule has 0 atom stereocenters. The summed E-state index contributed by atoms with van der Waals surface area (Å²) in [6.45, 7) is 4.42. The van der Waals surface area contributed by atoms with Crippen molar-refractivity contribution in [1.82, 2.24) is 24.3 Å². The van der Waals surface area contributed by atoms with E-state index in [2.05, 4.69) is 36.1 Å². The van der Waals surface area contributed by atoms with E-state index < -0.39 is 27.8 Å². The van der Waals surface area contributed by atoms with Gasteiger partial charge in [0.2, 0.25) is 0 Å². The van der Waals surface area contributed by atoms with Crippen LogP contribution in [0.5, 0.6) is 0 Å². The maximum Gasteiger partial charge on any atom is 0.328 e. The molecule has 17 heteroatoms. The van der Waals surface area contributed by atoms with Gasteiger partial charge < -0.3 is 25.4 Å². The van der Waals surface area contributed by atoms with Crippen molar-refractivity contribution in [3.05, 3.63) is 76.9 Å². The number of nitrogen functional groups attached to an aromatic ring is 1. The predicted molar refractivity (Wildman–Crippen MR) is 189 cm³/mol. The summed E-state index contributed by atoms with van der Waals surface area (Å²) in [5, 5.41) is 16.2. The van der Waals surface area contributed by atoms with Gasteiger partial charge in [-0.05, 0) is 62.6 Å². The Bertz CT molecular complexity index is 2010. The lowest BCUT2D eigenvalue weighted by atomic mass is 9.89. The van der Waals surface area contributed by atoms with E-state index in [1.165, 1.54) is 36.7 Å². The van der Waals surface area contributed by atoms with Gasteiger partial charge in [0.1, 0.15) is 28.5 Å². The summed E-state index contributed by atoms with van der Waals surface area (Å²) in [5.74, 6) is -2.96. The quantitative estimate of drug-likeness (QED) is 0.170. The topological polar surface area (TPSA) is 184 Å². The number of rotatable bonds is 8. The maximum absolute atomic E-state index is 15.4. The zero-order chi connectivity index (χ0) is 36.2. The fourth-order valence-electron chi connectivity index (χ4n) is 6.29. The van der Waals surface area contributed by atoms with Crippen molar-refractivity contribution in [2.24, 2.45) is 0 Å². The van der Waals surface area contributed by atoms with Crippen LogP contribution in [-0.2, 0) is 19.6 Å². The molecule has 0 amide bonds. The number of anilines is 2. The van der Waals surface area contributed by atoms with Crippen LogP contribution in [0.1, 0.15) is 31.7 Å². The summed E-state index contributed by atoms with van der Waals surface area (Å²) < 4.78 is 45.7. The van der Waals surface area contributed by atoms with Gasteiger partial charge in [0.15, 0.2) is 0 Å². The molecule has 266 valence electrons. The number of nitrogens with zero attached hydrogens (tertiary/aromatic N) is 5. The van der Waals surface area contributed by atoms with Crippen molar-refractivity contribution in [2.75, 3.05) is 43.7 Å². The number of aliphatic carboxylic acids is 2. The number of carbonyl (C=O) groups is 2. The Morgan fingerprint density at radius 1 is 0.980 bits per heavy atom. The minimum atomic E-state index is -4.19. The fourth-order valence-corrected chi connectivity index (χ4v) is 8.12. The van der Waals surface area contributed by atoms with E-state index in [1.54, 1.807) is 6.07 Å². The van der Waals surface area contributed by atoms with Gasteiger partial charge in [0.05, 0.1) is 21.1 Å². The minimum Gasteiger partial charge on any atom is -0.478 e. The van der Waals surface area contributed by atoms with Crippen molar-refractivity contribution in [3.63, 3.8) is 0 Å². The zero-order valence-corrected chi connectivity index (χ0v) is 29.3. The van der Waals surface area contributed by atoms with Crippen molar-refractivity contribution in [1.29, 1.82) is 0 Å². The third-order valence-electron chi connectivity index (χ3n) is 8.85. The second-order valence-corrected chi connectivity index (χ2v) is 14.5. The monoisotopic (exact) mass is 747 g/mol. The summed E-state index contributed by atoms with van der Waals surface area (Å²) in [7, 11) is -2.02. The maximum atomic E-state index is 15.4. The van der Waals surface area contributed by atoms with Crippen LogP contribution in [0.3, 0.4) is 0 Å². The second-order valence-electron chi connectivity index (χ2n) is 12.1. The molecular weight excluding hydrogens is 712 g/mol. The number of aromatic nitrogens is 3. The van der Waals surface area contributed by atoms with E-state index in [-0.39, 0.29) is 26.7 Å². The molecule has 1 saturated carbocycles. The SMILES string of the molecule is CN1CCN(C2CCC(n3cc(-c4ccc(NS(=O)(=O)c5cccc(Cl)c5Cl)c(F)c4)c4c(N)ncnc43)CC2)CC1.O=C(O)/C=C\C(=O)O. The summed E-state index contributed by atoms with van der Waals surface area (Å²) in [6, 6.07) is 9.38. The Kier molecular flexibility index (Phi) is 11.6. The number of piperazine rings is 1. The molecule has 0 unspecified atom stereocenters. The van der Waals surface area contributed by atoms with E-state index in [4.69, 9.17) is 39.1 Å². The Morgan fingerprint density at radius 3 is 2.24 bits per heavy atom. The molecular formula is C33H36Cl2FN7O6S. The standard InChI is InChI=1S/C29H32Cl2FN7O2S.C4H4O4/c1-37-11-13-38(14-12-37)19-6-8-20(9-7-19)39-16-21(26-28(33)34-17-35-29(26)39)18-5-10-24(23(32)15-18)36-42(40,41)25-4-2-3-22(30)27(25)31;5-3(6)1-2-4(7)8/h2-5,10,15-17,19-20,36H,6-9,11-14H2,1H3,(H2,33,34,35);1-2H,(H,5,6)(H,7,8)/b;2-1-. The number of halogens is 3. The number of carboxylic acid groups (broad SMARTS) is 2.